The number of carbonyl (C=O) groups is 1. The van der Waals surface area contributed by atoms with Gasteiger partial charge in [0.1, 0.15) is 5.71 Å². The van der Waals surface area contributed by atoms with Gasteiger partial charge in [-0.25, -0.2) is 4.40 Å². The Morgan fingerprint density at radius 3 is 2.56 bits per heavy atom. The van der Waals surface area contributed by atoms with Crippen LogP contribution in [-0.2, 0) is 11.2 Å². The van der Waals surface area contributed by atoms with E-state index in [9.17, 15) is 4.79 Å². The number of nitrogens with one attached hydrogen (secondary N) is 1. The van der Waals surface area contributed by atoms with E-state index >= 15 is 0 Å². The van der Waals surface area contributed by atoms with Crippen molar-refractivity contribution in [1.29, 1.82) is 0 Å². The van der Waals surface area contributed by atoms with Gasteiger partial charge in [0, 0.05) is 35.7 Å². The smallest absolute Gasteiger partial charge is 0.264 e. The Bertz CT molecular complexity index is 532. The molecule has 18 heavy (non-hydrogen) atoms. The maximum Gasteiger partial charge on any atom is 0.264 e. The number of H-pyrrole nitrogens is 1. The predicted molar refractivity (Wildman–Crippen MR) is 73.4 cm³/mol. The summed E-state index contributed by atoms with van der Waals surface area (Å²) in [6, 6.07) is 11.8. The number of rotatable bonds is 1. The van der Waals surface area contributed by atoms with Gasteiger partial charge >= 0.3 is 0 Å². The molecule has 1 aromatic carbocycles. The van der Waals surface area contributed by atoms with Crippen LogP contribution in [0, 0.1) is 0 Å². The molecule has 0 atom stereocenters. The van der Waals surface area contributed by atoms with Crippen LogP contribution < -0.4 is 5.73 Å². The van der Waals surface area contributed by atoms with Crippen molar-refractivity contribution in [2.75, 3.05) is 0 Å². The van der Waals surface area contributed by atoms with E-state index in [1.165, 1.54) is 11.9 Å². The molecule has 0 fully saturated rings. The fraction of sp³-hybridized carbons (Fsp3) is 0.0769. The van der Waals surface area contributed by atoms with Crippen molar-refractivity contribution in [2.45, 2.75) is 11.3 Å². The van der Waals surface area contributed by atoms with Gasteiger partial charge in [0.2, 0.25) is 0 Å². The average Bonchev–Trinajstić information content (AvgIpc) is 2.97. The van der Waals surface area contributed by atoms with Crippen molar-refractivity contribution in [3.05, 3.63) is 54.4 Å². The lowest BCUT2D eigenvalue weighted by molar-refractivity contribution is -0.112. The normalized spacial score (nSPS) is 12.8. The first-order valence-corrected chi connectivity index (χ1v) is 6.24. The summed E-state index contributed by atoms with van der Waals surface area (Å²) in [5.74, 6) is -0.429. The zero-order valence-electron chi connectivity index (χ0n) is 9.67. The fourth-order valence-corrected chi connectivity index (χ4v) is 2.23. The summed E-state index contributed by atoms with van der Waals surface area (Å²) in [4.78, 5) is 14.8. The highest BCUT2D eigenvalue weighted by Crippen LogP contribution is 2.28. The molecular weight excluding hydrogens is 246 g/mol. The molecule has 0 spiro atoms. The minimum absolute atomic E-state index is 0.429. The number of fused-ring (bicyclic) bond motifs is 1. The van der Waals surface area contributed by atoms with Crippen LogP contribution in [0.15, 0.2) is 58.1 Å². The molecule has 3 N–H and O–H groups in total. The molecule has 92 valence electrons. The number of benzene rings is 1. The molecule has 1 aliphatic rings. The molecule has 0 saturated heterocycles. The maximum atomic E-state index is 10.8. The number of nitrogens with zero attached hydrogens (tertiary/aromatic N) is 1. The topological polar surface area (TPSA) is 71.2 Å². The number of aromatic amines is 1. The highest BCUT2D eigenvalue weighted by atomic mass is 32.2. The minimum atomic E-state index is -0.429. The monoisotopic (exact) mass is 259 g/mol. The number of primary amides is 1. The predicted octanol–water partition coefficient (Wildman–Crippen LogP) is 2.19. The Morgan fingerprint density at radius 2 is 1.94 bits per heavy atom. The quantitative estimate of drug-likeness (QED) is 0.771. The number of amides is 1. The lowest BCUT2D eigenvalue weighted by atomic mass is 10.1. The van der Waals surface area contributed by atoms with Crippen LogP contribution in [0.25, 0.3) is 0 Å². The highest BCUT2D eigenvalue weighted by molar-refractivity contribution is 7.98. The van der Waals surface area contributed by atoms with Crippen molar-refractivity contribution in [1.82, 2.24) is 4.98 Å². The van der Waals surface area contributed by atoms with Gasteiger partial charge in [-0.3, -0.25) is 4.79 Å². The van der Waals surface area contributed by atoms with Gasteiger partial charge in [0.05, 0.1) is 0 Å². The van der Waals surface area contributed by atoms with Crippen LogP contribution in [0.5, 0.6) is 0 Å². The molecule has 0 aliphatic carbocycles. The molecule has 1 aliphatic heterocycles. The first kappa shape index (κ1) is 12.4. The van der Waals surface area contributed by atoms with Crippen molar-refractivity contribution >= 4 is 23.6 Å². The van der Waals surface area contributed by atoms with E-state index in [-0.39, 0.29) is 0 Å². The van der Waals surface area contributed by atoms with Crippen molar-refractivity contribution < 1.29 is 4.79 Å². The van der Waals surface area contributed by atoms with Gasteiger partial charge in [-0.2, -0.15) is 0 Å². The number of aromatic nitrogens is 1. The Kier molecular flexibility index (Phi) is 4.20. The Balaban J connectivity index is 0.000000202. The molecule has 3 rings (SSSR count). The summed E-state index contributed by atoms with van der Waals surface area (Å²) in [5, 5.41) is 0. The summed E-state index contributed by atoms with van der Waals surface area (Å²) in [7, 11) is 0. The molecule has 0 saturated carbocycles. The number of nitrogens with two attached hydrogens (primary N) is 1. The van der Waals surface area contributed by atoms with E-state index in [4.69, 9.17) is 5.73 Å². The molecule has 2 heterocycles. The summed E-state index contributed by atoms with van der Waals surface area (Å²) in [5.41, 5.74) is 6.71. The number of carbonyl (C=O) groups excluding carboxylic acids is 1. The van der Waals surface area contributed by atoms with Gasteiger partial charge in [0.15, 0.2) is 0 Å². The van der Waals surface area contributed by atoms with Gasteiger partial charge in [-0.15, -0.1) is 0 Å². The van der Waals surface area contributed by atoms with Gasteiger partial charge in [0.25, 0.3) is 5.91 Å². The van der Waals surface area contributed by atoms with Crippen LogP contribution in [0.1, 0.15) is 5.56 Å². The molecule has 2 aromatic rings. The third kappa shape index (κ3) is 3.24. The Morgan fingerprint density at radius 1 is 1.22 bits per heavy atom. The molecule has 1 aromatic heterocycles. The molecule has 1 amide bonds. The third-order valence-corrected chi connectivity index (χ3v) is 3.27. The van der Waals surface area contributed by atoms with E-state index in [0.717, 1.165) is 10.5 Å². The Labute approximate surface area is 109 Å². The van der Waals surface area contributed by atoms with Crippen LogP contribution >= 0.6 is 11.9 Å². The first-order chi connectivity index (χ1) is 8.77. The van der Waals surface area contributed by atoms with Gasteiger partial charge < -0.3 is 10.7 Å². The highest BCUT2D eigenvalue weighted by Gasteiger charge is 2.15. The standard InChI is InChI=1S/C9H8N2OS.C4H5N/c10-9(12)7-5-6-3-1-2-4-8(6)13-11-7;1-2-4-5-3-1/h1-4H,5H2,(H2,10,12);1-5H. The van der Waals surface area contributed by atoms with Gasteiger partial charge in [-0.05, 0) is 23.8 Å². The van der Waals surface area contributed by atoms with E-state index < -0.39 is 5.91 Å². The minimum Gasteiger partial charge on any atom is -0.368 e. The van der Waals surface area contributed by atoms with E-state index in [1.54, 1.807) is 0 Å². The maximum absolute atomic E-state index is 10.8. The van der Waals surface area contributed by atoms with Gasteiger partial charge in [-0.1, -0.05) is 18.2 Å². The first-order valence-electron chi connectivity index (χ1n) is 5.46. The van der Waals surface area contributed by atoms with Crippen LogP contribution in [0.4, 0.5) is 0 Å². The van der Waals surface area contributed by atoms with Crippen LogP contribution in [0.3, 0.4) is 0 Å². The van der Waals surface area contributed by atoms with Crippen LogP contribution in [-0.4, -0.2) is 16.6 Å². The summed E-state index contributed by atoms with van der Waals surface area (Å²) in [6.45, 7) is 0. The largest absolute Gasteiger partial charge is 0.368 e. The SMILES string of the molecule is NC(=O)C1=NSc2ccccc2C1.c1cc[nH]c1. The van der Waals surface area contributed by atoms with E-state index in [2.05, 4.69) is 9.38 Å². The van der Waals surface area contributed by atoms with Crippen molar-refractivity contribution in [2.24, 2.45) is 10.1 Å². The molecule has 0 unspecified atom stereocenters. The van der Waals surface area contributed by atoms with E-state index in [0.29, 0.717) is 12.1 Å². The molecule has 4 nitrogen and oxygen atoms in total. The average molecular weight is 259 g/mol. The number of hydrogen-bond acceptors (Lipinski definition) is 3. The molecule has 5 heteroatoms. The Hall–Kier alpha value is -2.01. The summed E-state index contributed by atoms with van der Waals surface area (Å²) in [6.07, 6.45) is 4.30. The van der Waals surface area contributed by atoms with Crippen molar-refractivity contribution in [3.8, 4) is 0 Å². The zero-order valence-corrected chi connectivity index (χ0v) is 10.5. The molecular formula is C13H13N3OS. The van der Waals surface area contributed by atoms with E-state index in [1.807, 2.05) is 48.8 Å². The second kappa shape index (κ2) is 6.07. The lowest BCUT2D eigenvalue weighted by Gasteiger charge is -2.11. The summed E-state index contributed by atoms with van der Waals surface area (Å²) < 4.78 is 4.03. The molecule has 0 radical (unpaired) electrons. The number of hydrogen-bond donors (Lipinski definition) is 2. The second-order valence-corrected chi connectivity index (χ2v) is 4.47. The fourth-order valence-electron chi connectivity index (χ4n) is 1.47. The third-order valence-electron chi connectivity index (χ3n) is 2.37. The lowest BCUT2D eigenvalue weighted by Crippen LogP contribution is -2.26. The molecule has 0 bridgehead atoms. The zero-order chi connectivity index (χ0) is 12.8. The van der Waals surface area contributed by atoms with Crippen molar-refractivity contribution in [3.63, 3.8) is 0 Å². The summed E-state index contributed by atoms with van der Waals surface area (Å²) >= 11 is 1.31. The van der Waals surface area contributed by atoms with Crippen LogP contribution in [0.2, 0.25) is 0 Å². The second-order valence-electron chi connectivity index (χ2n) is 3.66.